The van der Waals surface area contributed by atoms with Crippen molar-refractivity contribution in [2.75, 3.05) is 32.1 Å². The first-order chi connectivity index (χ1) is 13.0. The molecule has 0 aliphatic carbocycles. The van der Waals surface area contributed by atoms with Crippen molar-refractivity contribution < 1.29 is 19.1 Å². The molecule has 0 aromatic heterocycles. The van der Waals surface area contributed by atoms with E-state index in [0.29, 0.717) is 30.1 Å². The first kappa shape index (κ1) is 22.2. The lowest BCUT2D eigenvalue weighted by atomic mass is 9.88. The Labute approximate surface area is 171 Å². The summed E-state index contributed by atoms with van der Waals surface area (Å²) in [4.78, 5) is 39.0. The minimum absolute atomic E-state index is 0. The summed E-state index contributed by atoms with van der Waals surface area (Å²) >= 11 is 0. The van der Waals surface area contributed by atoms with Gasteiger partial charge in [0.05, 0.1) is 7.11 Å². The average Bonchev–Trinajstić information content (AvgIpc) is 2.65. The van der Waals surface area contributed by atoms with E-state index in [1.807, 2.05) is 6.92 Å². The highest BCUT2D eigenvalue weighted by molar-refractivity contribution is 5.99. The molecule has 0 saturated carbocycles. The molecule has 0 radical (unpaired) electrons. The Bertz CT molecular complexity index is 723. The fraction of sp³-hybridized carbons (Fsp3) is 0.550. The van der Waals surface area contributed by atoms with Gasteiger partial charge in [-0.15, -0.1) is 12.4 Å². The Morgan fingerprint density at radius 3 is 2.64 bits per heavy atom. The van der Waals surface area contributed by atoms with Crippen LogP contribution in [0.15, 0.2) is 24.3 Å². The number of hydrogen-bond acceptors (Lipinski definition) is 5. The summed E-state index contributed by atoms with van der Waals surface area (Å²) < 4.78 is 4.85. The van der Waals surface area contributed by atoms with Crippen LogP contribution in [0.3, 0.4) is 0 Å². The van der Waals surface area contributed by atoms with E-state index >= 15 is 0 Å². The summed E-state index contributed by atoms with van der Waals surface area (Å²) in [6.45, 7) is 4.17. The Kier molecular flexibility index (Phi) is 7.83. The SMILES string of the molecule is COC(=O)C1CCCCN1C(=O)c1cccc(NC(=O)C(C)C2CNC2)c1.Cl. The van der Waals surface area contributed by atoms with Gasteiger partial charge in [0.15, 0.2) is 0 Å². The Morgan fingerprint density at radius 1 is 1.25 bits per heavy atom. The third-order valence-corrected chi connectivity index (χ3v) is 5.55. The Hall–Kier alpha value is -2.12. The number of methoxy groups -OCH3 is 1. The van der Waals surface area contributed by atoms with E-state index in [2.05, 4.69) is 10.6 Å². The standard InChI is InChI=1S/C20H27N3O4.ClH/c1-13(15-11-21-12-15)18(24)22-16-7-5-6-14(10-16)19(25)23-9-4-3-8-17(23)20(26)27-2;/h5-7,10,13,15,17,21H,3-4,8-9,11-12H2,1-2H3,(H,22,24);1H. The molecule has 2 aliphatic heterocycles. The third-order valence-electron chi connectivity index (χ3n) is 5.55. The average molecular weight is 410 g/mol. The number of nitrogens with one attached hydrogen (secondary N) is 2. The zero-order valence-electron chi connectivity index (χ0n) is 16.3. The molecule has 0 spiro atoms. The predicted molar refractivity (Wildman–Crippen MR) is 109 cm³/mol. The van der Waals surface area contributed by atoms with E-state index in [0.717, 1.165) is 25.9 Å². The number of rotatable bonds is 5. The van der Waals surface area contributed by atoms with Crippen LogP contribution >= 0.6 is 12.4 Å². The zero-order chi connectivity index (χ0) is 19.4. The lowest BCUT2D eigenvalue weighted by Gasteiger charge is -2.34. The number of amides is 2. The van der Waals surface area contributed by atoms with Crippen LogP contribution in [0, 0.1) is 11.8 Å². The van der Waals surface area contributed by atoms with Crippen molar-refractivity contribution in [2.24, 2.45) is 11.8 Å². The molecule has 2 heterocycles. The minimum Gasteiger partial charge on any atom is -0.467 e. The van der Waals surface area contributed by atoms with Crippen molar-refractivity contribution in [3.63, 3.8) is 0 Å². The number of likely N-dealkylation sites (tertiary alicyclic amines) is 1. The van der Waals surface area contributed by atoms with Gasteiger partial charge in [-0.3, -0.25) is 9.59 Å². The van der Waals surface area contributed by atoms with Gasteiger partial charge in [0.2, 0.25) is 5.91 Å². The van der Waals surface area contributed by atoms with E-state index in [9.17, 15) is 14.4 Å². The van der Waals surface area contributed by atoms with Crippen molar-refractivity contribution in [2.45, 2.75) is 32.2 Å². The van der Waals surface area contributed by atoms with Gasteiger partial charge in [0, 0.05) is 23.7 Å². The van der Waals surface area contributed by atoms with Crippen molar-refractivity contribution in [1.29, 1.82) is 0 Å². The molecule has 2 fully saturated rings. The van der Waals surface area contributed by atoms with Crippen LogP contribution in [-0.2, 0) is 14.3 Å². The van der Waals surface area contributed by atoms with Gasteiger partial charge < -0.3 is 20.3 Å². The lowest BCUT2D eigenvalue weighted by Crippen LogP contribution is -2.48. The topological polar surface area (TPSA) is 87.7 Å². The molecule has 2 aliphatic rings. The summed E-state index contributed by atoms with van der Waals surface area (Å²) in [5.74, 6) is -0.371. The molecule has 8 heteroatoms. The first-order valence-corrected chi connectivity index (χ1v) is 9.51. The summed E-state index contributed by atoms with van der Waals surface area (Å²) in [5, 5.41) is 6.08. The highest BCUT2D eigenvalue weighted by atomic mass is 35.5. The molecule has 1 aromatic rings. The summed E-state index contributed by atoms with van der Waals surface area (Å²) in [7, 11) is 1.34. The molecular formula is C20H28ClN3O4. The second-order valence-corrected chi connectivity index (χ2v) is 7.31. The van der Waals surface area contributed by atoms with Gasteiger partial charge in [-0.2, -0.15) is 0 Å². The van der Waals surface area contributed by atoms with Crippen LogP contribution in [0.2, 0.25) is 0 Å². The number of benzene rings is 1. The molecule has 2 saturated heterocycles. The van der Waals surface area contributed by atoms with E-state index in [1.165, 1.54) is 7.11 Å². The normalized spacial score (nSPS) is 20.4. The number of anilines is 1. The number of hydrogen-bond donors (Lipinski definition) is 2. The number of ether oxygens (including phenoxy) is 1. The van der Waals surface area contributed by atoms with Crippen molar-refractivity contribution in [3.8, 4) is 0 Å². The third kappa shape index (κ3) is 4.83. The molecule has 2 amide bonds. The predicted octanol–water partition coefficient (Wildman–Crippen LogP) is 2.07. The smallest absolute Gasteiger partial charge is 0.328 e. The fourth-order valence-electron chi connectivity index (χ4n) is 3.59. The van der Waals surface area contributed by atoms with Gasteiger partial charge in [-0.05, 0) is 56.5 Å². The first-order valence-electron chi connectivity index (χ1n) is 9.51. The molecule has 2 atom stereocenters. The van der Waals surface area contributed by atoms with Crippen LogP contribution in [0.25, 0.3) is 0 Å². The Morgan fingerprint density at radius 2 is 2.00 bits per heavy atom. The van der Waals surface area contributed by atoms with Crippen LogP contribution in [0.4, 0.5) is 5.69 Å². The van der Waals surface area contributed by atoms with Gasteiger partial charge in [-0.25, -0.2) is 4.79 Å². The summed E-state index contributed by atoms with van der Waals surface area (Å²) in [6, 6.07) is 6.36. The van der Waals surface area contributed by atoms with Crippen LogP contribution in [-0.4, -0.2) is 55.5 Å². The number of carbonyl (C=O) groups excluding carboxylic acids is 3. The summed E-state index contributed by atoms with van der Waals surface area (Å²) in [6.07, 6.45) is 2.37. The molecule has 2 unspecified atom stereocenters. The second-order valence-electron chi connectivity index (χ2n) is 7.31. The molecule has 7 nitrogen and oxygen atoms in total. The van der Waals surface area contributed by atoms with E-state index in [1.54, 1.807) is 29.2 Å². The maximum atomic E-state index is 13.0. The quantitative estimate of drug-likeness (QED) is 0.727. The number of halogens is 1. The molecule has 2 N–H and O–H groups in total. The Balaban J connectivity index is 0.00000280. The highest BCUT2D eigenvalue weighted by Crippen LogP contribution is 2.23. The van der Waals surface area contributed by atoms with Gasteiger partial charge >= 0.3 is 5.97 Å². The fourth-order valence-corrected chi connectivity index (χ4v) is 3.59. The van der Waals surface area contributed by atoms with Gasteiger partial charge in [0.25, 0.3) is 5.91 Å². The van der Waals surface area contributed by atoms with Crippen LogP contribution in [0.5, 0.6) is 0 Å². The zero-order valence-corrected chi connectivity index (χ0v) is 17.1. The van der Waals surface area contributed by atoms with E-state index in [-0.39, 0.29) is 36.1 Å². The molecule has 154 valence electrons. The largest absolute Gasteiger partial charge is 0.467 e. The highest BCUT2D eigenvalue weighted by Gasteiger charge is 2.33. The molecule has 1 aromatic carbocycles. The number of esters is 1. The number of nitrogens with zero attached hydrogens (tertiary/aromatic N) is 1. The molecular weight excluding hydrogens is 382 g/mol. The molecule has 3 rings (SSSR count). The molecule has 0 bridgehead atoms. The van der Waals surface area contributed by atoms with Crippen molar-refractivity contribution in [3.05, 3.63) is 29.8 Å². The van der Waals surface area contributed by atoms with Crippen LogP contribution < -0.4 is 10.6 Å². The molecule has 28 heavy (non-hydrogen) atoms. The monoisotopic (exact) mass is 409 g/mol. The van der Waals surface area contributed by atoms with Gasteiger partial charge in [-0.1, -0.05) is 13.0 Å². The summed E-state index contributed by atoms with van der Waals surface area (Å²) in [5.41, 5.74) is 1.05. The number of carbonyl (C=O) groups is 3. The second kappa shape index (κ2) is 9.89. The maximum absolute atomic E-state index is 13.0. The number of piperidine rings is 1. The van der Waals surface area contributed by atoms with Gasteiger partial charge in [0.1, 0.15) is 6.04 Å². The van der Waals surface area contributed by atoms with E-state index in [4.69, 9.17) is 4.74 Å². The maximum Gasteiger partial charge on any atom is 0.328 e. The van der Waals surface area contributed by atoms with Crippen molar-refractivity contribution in [1.82, 2.24) is 10.2 Å². The van der Waals surface area contributed by atoms with Crippen molar-refractivity contribution >= 4 is 35.9 Å². The lowest BCUT2D eigenvalue weighted by molar-refractivity contribution is -0.147. The van der Waals surface area contributed by atoms with E-state index < -0.39 is 6.04 Å². The minimum atomic E-state index is -0.541. The van der Waals surface area contributed by atoms with Crippen LogP contribution in [0.1, 0.15) is 36.5 Å².